The third-order valence-electron chi connectivity index (χ3n) is 5.99. The smallest absolute Gasteiger partial charge is 0.336 e. The van der Waals surface area contributed by atoms with Crippen molar-refractivity contribution >= 4 is 11.0 Å². The zero-order chi connectivity index (χ0) is 19.3. The van der Waals surface area contributed by atoms with Gasteiger partial charge in [-0.1, -0.05) is 6.07 Å². The number of pyridine rings is 1. The second kappa shape index (κ2) is 6.63. The lowest BCUT2D eigenvalue weighted by atomic mass is 9.83. The Morgan fingerprint density at radius 3 is 2.86 bits per heavy atom. The Hall–Kier alpha value is -2.86. The third-order valence-corrected chi connectivity index (χ3v) is 5.99. The van der Waals surface area contributed by atoms with E-state index in [2.05, 4.69) is 11.0 Å². The molecule has 2 aliphatic heterocycles. The van der Waals surface area contributed by atoms with Crippen LogP contribution in [0.5, 0.6) is 5.75 Å². The predicted molar refractivity (Wildman–Crippen MR) is 106 cm³/mol. The van der Waals surface area contributed by atoms with E-state index in [4.69, 9.17) is 9.15 Å². The summed E-state index contributed by atoms with van der Waals surface area (Å²) in [5.41, 5.74) is 2.41. The quantitative estimate of drug-likeness (QED) is 0.656. The van der Waals surface area contributed by atoms with Crippen LogP contribution in [0.4, 0.5) is 0 Å². The minimum absolute atomic E-state index is 0.0984. The first-order valence-corrected chi connectivity index (χ1v) is 9.63. The van der Waals surface area contributed by atoms with E-state index in [0.717, 1.165) is 42.7 Å². The first-order chi connectivity index (χ1) is 13.6. The van der Waals surface area contributed by atoms with Crippen LogP contribution in [0, 0.1) is 5.92 Å². The highest BCUT2D eigenvalue weighted by Crippen LogP contribution is 2.36. The van der Waals surface area contributed by atoms with Crippen LogP contribution in [-0.4, -0.2) is 29.7 Å². The zero-order valence-corrected chi connectivity index (χ0v) is 15.8. The Balaban J connectivity index is 1.47. The van der Waals surface area contributed by atoms with Crippen LogP contribution in [0.25, 0.3) is 11.0 Å². The summed E-state index contributed by atoms with van der Waals surface area (Å²) >= 11 is 0. The molecule has 6 heteroatoms. The summed E-state index contributed by atoms with van der Waals surface area (Å²) in [6.07, 6.45) is 1.12. The minimum Gasteiger partial charge on any atom is -0.497 e. The highest BCUT2D eigenvalue weighted by Gasteiger charge is 2.34. The van der Waals surface area contributed by atoms with Gasteiger partial charge in [-0.2, -0.15) is 0 Å². The number of aromatic nitrogens is 1. The summed E-state index contributed by atoms with van der Waals surface area (Å²) < 4.78 is 12.6. The standard InChI is InChI=1S/C22H22N2O4/c1-27-17-5-6-18-15(8-22(26)28-20(18)9-17)12-23-10-14-7-16(13-23)19-3-2-4-21(25)24(19)11-14/h2-6,8-9,14,16H,7,10-13H2,1H3/t14-,16+/m0/s1. The summed E-state index contributed by atoms with van der Waals surface area (Å²) in [4.78, 5) is 26.7. The van der Waals surface area contributed by atoms with Gasteiger partial charge in [-0.15, -0.1) is 0 Å². The molecule has 0 N–H and O–H groups in total. The van der Waals surface area contributed by atoms with Gasteiger partial charge in [0.25, 0.3) is 5.56 Å². The van der Waals surface area contributed by atoms with Crippen LogP contribution in [0.15, 0.2) is 56.5 Å². The summed E-state index contributed by atoms with van der Waals surface area (Å²) in [5.74, 6) is 1.48. The van der Waals surface area contributed by atoms with Crippen LogP contribution in [0.2, 0.25) is 0 Å². The van der Waals surface area contributed by atoms with Crippen molar-refractivity contribution in [1.82, 2.24) is 9.47 Å². The Kier molecular flexibility index (Phi) is 4.09. The van der Waals surface area contributed by atoms with E-state index >= 15 is 0 Å². The van der Waals surface area contributed by atoms with E-state index < -0.39 is 0 Å². The van der Waals surface area contributed by atoms with E-state index in [1.807, 2.05) is 22.8 Å². The van der Waals surface area contributed by atoms with Gasteiger partial charge in [-0.3, -0.25) is 9.69 Å². The molecule has 4 heterocycles. The van der Waals surface area contributed by atoms with Crippen molar-refractivity contribution in [2.24, 2.45) is 5.92 Å². The molecule has 2 bridgehead atoms. The summed E-state index contributed by atoms with van der Waals surface area (Å²) in [6.45, 7) is 3.28. The Morgan fingerprint density at radius 1 is 1.11 bits per heavy atom. The number of nitrogens with zero attached hydrogens (tertiary/aromatic N) is 2. The first kappa shape index (κ1) is 17.3. The van der Waals surface area contributed by atoms with E-state index in [9.17, 15) is 9.59 Å². The van der Waals surface area contributed by atoms with Crippen molar-refractivity contribution < 1.29 is 9.15 Å². The minimum atomic E-state index is -0.343. The first-order valence-electron chi connectivity index (χ1n) is 9.63. The summed E-state index contributed by atoms with van der Waals surface area (Å²) in [7, 11) is 1.60. The van der Waals surface area contributed by atoms with E-state index in [1.54, 1.807) is 25.3 Å². The topological polar surface area (TPSA) is 64.7 Å². The van der Waals surface area contributed by atoms with E-state index in [0.29, 0.717) is 29.7 Å². The highest BCUT2D eigenvalue weighted by molar-refractivity contribution is 5.81. The lowest BCUT2D eigenvalue weighted by Gasteiger charge is -2.42. The van der Waals surface area contributed by atoms with Crippen molar-refractivity contribution in [3.8, 4) is 5.75 Å². The van der Waals surface area contributed by atoms with Gasteiger partial charge in [-0.25, -0.2) is 4.79 Å². The van der Waals surface area contributed by atoms with Crippen LogP contribution in [0.1, 0.15) is 23.6 Å². The average Bonchev–Trinajstić information content (AvgIpc) is 2.68. The largest absolute Gasteiger partial charge is 0.497 e. The van der Waals surface area contributed by atoms with Gasteiger partial charge in [0.1, 0.15) is 11.3 Å². The van der Waals surface area contributed by atoms with Gasteiger partial charge in [-0.05, 0) is 36.1 Å². The van der Waals surface area contributed by atoms with Gasteiger partial charge in [0.05, 0.1) is 7.11 Å². The Bertz CT molecular complexity index is 1160. The predicted octanol–water partition coefficient (Wildman–Crippen LogP) is 2.58. The van der Waals surface area contributed by atoms with Crippen molar-refractivity contribution in [1.29, 1.82) is 0 Å². The second-order valence-corrected chi connectivity index (χ2v) is 7.84. The van der Waals surface area contributed by atoms with Gasteiger partial charge in [0.2, 0.25) is 0 Å². The monoisotopic (exact) mass is 378 g/mol. The molecular weight excluding hydrogens is 356 g/mol. The van der Waals surface area contributed by atoms with Crippen LogP contribution >= 0.6 is 0 Å². The number of piperidine rings is 1. The fourth-order valence-electron chi connectivity index (χ4n) is 4.83. The lowest BCUT2D eigenvalue weighted by molar-refractivity contribution is 0.114. The van der Waals surface area contributed by atoms with Gasteiger partial charge >= 0.3 is 5.63 Å². The van der Waals surface area contributed by atoms with Crippen molar-refractivity contribution in [2.75, 3.05) is 20.2 Å². The van der Waals surface area contributed by atoms with Crippen molar-refractivity contribution in [2.45, 2.75) is 25.4 Å². The summed E-state index contributed by atoms with van der Waals surface area (Å²) in [6, 6.07) is 12.8. The molecule has 6 nitrogen and oxygen atoms in total. The fraction of sp³-hybridized carbons (Fsp3) is 0.364. The van der Waals surface area contributed by atoms with E-state index in [1.165, 1.54) is 0 Å². The molecule has 1 aromatic carbocycles. The second-order valence-electron chi connectivity index (χ2n) is 7.84. The Morgan fingerprint density at radius 2 is 2.00 bits per heavy atom. The fourth-order valence-corrected chi connectivity index (χ4v) is 4.83. The molecule has 144 valence electrons. The number of fused-ring (bicyclic) bond motifs is 5. The number of ether oxygens (including phenoxy) is 1. The molecule has 2 aromatic heterocycles. The molecule has 1 fully saturated rings. The van der Waals surface area contributed by atoms with Crippen molar-refractivity contribution in [3.63, 3.8) is 0 Å². The van der Waals surface area contributed by atoms with Crippen LogP contribution in [0.3, 0.4) is 0 Å². The Labute approximate surface area is 162 Å². The van der Waals surface area contributed by atoms with Crippen molar-refractivity contribution in [3.05, 3.63) is 74.5 Å². The molecule has 3 aromatic rings. The zero-order valence-electron chi connectivity index (χ0n) is 15.8. The number of rotatable bonds is 3. The molecule has 5 rings (SSSR count). The van der Waals surface area contributed by atoms with Gasteiger partial charge in [0.15, 0.2) is 0 Å². The molecule has 28 heavy (non-hydrogen) atoms. The normalized spacial score (nSPS) is 21.5. The van der Waals surface area contributed by atoms with Crippen LogP contribution < -0.4 is 15.9 Å². The maximum absolute atomic E-state index is 12.2. The average molecular weight is 378 g/mol. The third kappa shape index (κ3) is 2.94. The van der Waals surface area contributed by atoms with Gasteiger partial charge < -0.3 is 13.7 Å². The molecule has 2 atom stereocenters. The molecule has 0 amide bonds. The van der Waals surface area contributed by atoms with E-state index in [-0.39, 0.29) is 11.2 Å². The number of methoxy groups -OCH3 is 1. The SMILES string of the molecule is COc1ccc2c(CN3C[C@@H]4C[C@H](C3)c3cccc(=O)n3C4)cc(=O)oc2c1. The summed E-state index contributed by atoms with van der Waals surface area (Å²) in [5, 5.41) is 0.938. The molecule has 0 saturated carbocycles. The maximum atomic E-state index is 12.2. The number of benzene rings is 1. The highest BCUT2D eigenvalue weighted by atomic mass is 16.5. The lowest BCUT2D eigenvalue weighted by Crippen LogP contribution is -2.46. The number of hydrogen-bond acceptors (Lipinski definition) is 5. The molecule has 0 spiro atoms. The molecule has 0 unspecified atom stereocenters. The van der Waals surface area contributed by atoms with Gasteiger partial charge in [0, 0.05) is 61.4 Å². The maximum Gasteiger partial charge on any atom is 0.336 e. The molecule has 0 radical (unpaired) electrons. The molecule has 1 saturated heterocycles. The molecule has 0 aliphatic carbocycles. The molecule has 2 aliphatic rings. The van der Waals surface area contributed by atoms with Crippen LogP contribution in [-0.2, 0) is 13.1 Å². The number of likely N-dealkylation sites (tertiary alicyclic amines) is 1. The number of hydrogen-bond donors (Lipinski definition) is 0. The molecular formula is C22H22N2O4.